The normalized spacial score (nSPS) is 13.8. The first-order chi connectivity index (χ1) is 10.7. The molecule has 1 atom stereocenters. The van der Waals surface area contributed by atoms with Gasteiger partial charge >= 0.3 is 6.18 Å². The van der Waals surface area contributed by atoms with Crippen LogP contribution in [-0.4, -0.2) is 15.0 Å². The predicted octanol–water partition coefficient (Wildman–Crippen LogP) is 2.77. The fraction of sp³-hybridized carbons (Fsp3) is 0.250. The molecule has 0 aromatic heterocycles. The molecule has 3 N–H and O–H groups in total. The van der Waals surface area contributed by atoms with Gasteiger partial charge in [0.2, 0.25) is 0 Å². The van der Waals surface area contributed by atoms with Gasteiger partial charge in [0.1, 0.15) is 5.25 Å². The van der Waals surface area contributed by atoms with Crippen molar-refractivity contribution in [2.45, 2.75) is 23.2 Å². The van der Waals surface area contributed by atoms with Crippen molar-refractivity contribution in [1.82, 2.24) is 0 Å². The maximum Gasteiger partial charge on any atom is 0.416 e. The molecule has 0 spiro atoms. The molecule has 2 aromatic carbocycles. The zero-order valence-corrected chi connectivity index (χ0v) is 13.3. The molecule has 2 aromatic rings. The van der Waals surface area contributed by atoms with Gasteiger partial charge in [-0.25, -0.2) is 8.42 Å². The van der Waals surface area contributed by atoms with Crippen molar-refractivity contribution < 1.29 is 27.3 Å². The van der Waals surface area contributed by atoms with Crippen molar-refractivity contribution in [2.75, 3.05) is 6.54 Å². The third kappa shape index (κ3) is 3.56. The Hall–Kier alpha value is -1.86. The maximum absolute atomic E-state index is 13.2. The van der Waals surface area contributed by atoms with E-state index < -0.39 is 26.8 Å². The zero-order valence-electron chi connectivity index (χ0n) is 12.5. The number of halogens is 3. The molecule has 0 radical (unpaired) electrons. The fourth-order valence-electron chi connectivity index (χ4n) is 2.41. The van der Waals surface area contributed by atoms with Gasteiger partial charge in [-0.15, -0.1) is 0 Å². The Morgan fingerprint density at radius 2 is 1.61 bits per heavy atom. The van der Waals surface area contributed by atoms with Crippen molar-refractivity contribution in [2.24, 2.45) is 0 Å². The van der Waals surface area contributed by atoms with Crippen LogP contribution in [0.2, 0.25) is 0 Å². The molecule has 0 heterocycles. The van der Waals surface area contributed by atoms with Gasteiger partial charge in [-0.2, -0.15) is 13.2 Å². The van der Waals surface area contributed by atoms with Gasteiger partial charge in [0.25, 0.3) is 0 Å². The Kier molecular flexibility index (Phi) is 4.81. The first-order valence-corrected chi connectivity index (χ1v) is 8.48. The number of sulfone groups is 1. The van der Waals surface area contributed by atoms with Crippen molar-refractivity contribution in [3.8, 4) is 0 Å². The molecular weight excluding hydrogens is 327 g/mol. The van der Waals surface area contributed by atoms with E-state index in [1.807, 2.05) is 0 Å². The lowest BCUT2D eigenvalue weighted by Gasteiger charge is -2.19. The van der Waals surface area contributed by atoms with Crippen LogP contribution in [0.15, 0.2) is 53.4 Å². The highest BCUT2D eigenvalue weighted by molar-refractivity contribution is 7.91. The summed E-state index contributed by atoms with van der Waals surface area (Å²) in [6.07, 6.45) is -4.62. The average molecular weight is 344 g/mol. The van der Waals surface area contributed by atoms with Gasteiger partial charge in [-0.3, -0.25) is 0 Å². The Labute approximate surface area is 132 Å². The van der Waals surface area contributed by atoms with Crippen LogP contribution in [-0.2, 0) is 16.0 Å². The molecule has 0 saturated carbocycles. The summed E-state index contributed by atoms with van der Waals surface area (Å²) >= 11 is 0. The molecule has 0 unspecified atom stereocenters. The Balaban J connectivity index is 2.59. The molecule has 2 rings (SSSR count). The summed E-state index contributed by atoms with van der Waals surface area (Å²) in [6.45, 7) is 1.61. The molecule has 0 aliphatic rings. The van der Waals surface area contributed by atoms with Crippen LogP contribution in [0.5, 0.6) is 0 Å². The van der Waals surface area contributed by atoms with Crippen molar-refractivity contribution in [3.05, 3.63) is 65.2 Å². The third-order valence-electron chi connectivity index (χ3n) is 3.60. The topological polar surface area (TPSA) is 61.8 Å². The highest BCUT2D eigenvalue weighted by Crippen LogP contribution is 2.38. The Morgan fingerprint density at radius 1 is 1.04 bits per heavy atom. The van der Waals surface area contributed by atoms with Crippen LogP contribution in [0.1, 0.15) is 21.9 Å². The van der Waals surface area contributed by atoms with Gasteiger partial charge in [-0.1, -0.05) is 35.9 Å². The average Bonchev–Trinajstić information content (AvgIpc) is 2.47. The van der Waals surface area contributed by atoms with E-state index in [1.54, 1.807) is 19.1 Å². The second-order valence-electron chi connectivity index (χ2n) is 5.22. The lowest BCUT2D eigenvalue weighted by molar-refractivity contribution is -0.367. The van der Waals surface area contributed by atoms with E-state index in [2.05, 4.69) is 5.73 Å². The van der Waals surface area contributed by atoms with Crippen LogP contribution in [0, 0.1) is 6.92 Å². The molecule has 0 fully saturated rings. The molecule has 0 aliphatic heterocycles. The monoisotopic (exact) mass is 344 g/mol. The number of rotatable bonds is 4. The van der Waals surface area contributed by atoms with E-state index in [0.29, 0.717) is 0 Å². The van der Waals surface area contributed by atoms with Gasteiger partial charge in [-0.05, 0) is 30.7 Å². The minimum Gasteiger partial charge on any atom is -0.356 e. The first-order valence-electron chi connectivity index (χ1n) is 6.94. The summed E-state index contributed by atoms with van der Waals surface area (Å²) in [7, 11) is -3.97. The lowest BCUT2D eigenvalue weighted by atomic mass is 10.0. The molecule has 0 aliphatic carbocycles. The molecule has 0 amide bonds. The molecule has 3 nitrogen and oxygen atoms in total. The number of benzene rings is 2. The van der Waals surface area contributed by atoms with Crippen LogP contribution in [0.4, 0.5) is 13.2 Å². The highest BCUT2D eigenvalue weighted by Gasteiger charge is 2.39. The SMILES string of the molecule is Cc1ccc(S(=O)(=O)[C@H](C[NH3+])c2ccccc2C(F)(F)F)cc1. The summed E-state index contributed by atoms with van der Waals surface area (Å²) in [5, 5.41) is -1.34. The van der Waals surface area contributed by atoms with E-state index >= 15 is 0 Å². The Morgan fingerprint density at radius 3 is 2.13 bits per heavy atom. The molecule has 23 heavy (non-hydrogen) atoms. The smallest absolute Gasteiger partial charge is 0.356 e. The number of hydrogen-bond donors (Lipinski definition) is 1. The van der Waals surface area contributed by atoms with Crippen molar-refractivity contribution in [1.29, 1.82) is 0 Å². The summed E-state index contributed by atoms with van der Waals surface area (Å²) in [5.41, 5.74) is 3.21. The molecule has 124 valence electrons. The minimum absolute atomic E-state index is 0.00581. The minimum atomic E-state index is -4.62. The predicted molar refractivity (Wildman–Crippen MR) is 80.3 cm³/mol. The quantitative estimate of drug-likeness (QED) is 0.927. The molecule has 0 saturated heterocycles. The highest BCUT2D eigenvalue weighted by atomic mass is 32.2. The first kappa shape index (κ1) is 17.5. The molecule has 0 bridgehead atoms. The van der Waals surface area contributed by atoms with Gasteiger partial charge < -0.3 is 5.73 Å². The van der Waals surface area contributed by atoms with Gasteiger partial charge in [0.05, 0.1) is 17.0 Å². The second-order valence-corrected chi connectivity index (χ2v) is 7.35. The zero-order chi connectivity index (χ0) is 17.3. The number of hydrogen-bond acceptors (Lipinski definition) is 2. The van der Waals surface area contributed by atoms with Gasteiger partial charge in [0.15, 0.2) is 9.84 Å². The van der Waals surface area contributed by atoms with E-state index in [4.69, 9.17) is 0 Å². The second kappa shape index (κ2) is 6.33. The fourth-order valence-corrected chi connectivity index (χ4v) is 4.10. The number of quaternary nitrogens is 1. The van der Waals surface area contributed by atoms with Crippen LogP contribution in [0.25, 0.3) is 0 Å². The molecular formula is C16H17F3NO2S+. The van der Waals surface area contributed by atoms with Crippen LogP contribution in [0.3, 0.4) is 0 Å². The Bertz CT molecular complexity index is 784. The van der Waals surface area contributed by atoms with E-state index in [1.165, 1.54) is 30.3 Å². The number of aryl methyl sites for hydroxylation is 1. The summed E-state index contributed by atoms with van der Waals surface area (Å²) in [6, 6.07) is 10.8. The van der Waals surface area contributed by atoms with E-state index in [9.17, 15) is 21.6 Å². The summed E-state index contributed by atoms with van der Waals surface area (Å²) < 4.78 is 65.0. The summed E-state index contributed by atoms with van der Waals surface area (Å²) in [5.74, 6) is 0. The van der Waals surface area contributed by atoms with Crippen LogP contribution >= 0.6 is 0 Å². The van der Waals surface area contributed by atoms with Crippen LogP contribution < -0.4 is 5.73 Å². The summed E-state index contributed by atoms with van der Waals surface area (Å²) in [4.78, 5) is -0.00581. The third-order valence-corrected chi connectivity index (χ3v) is 5.77. The maximum atomic E-state index is 13.2. The van der Waals surface area contributed by atoms with Crippen molar-refractivity contribution >= 4 is 9.84 Å². The van der Waals surface area contributed by atoms with Gasteiger partial charge in [0, 0.05) is 0 Å². The van der Waals surface area contributed by atoms with E-state index in [-0.39, 0.29) is 17.0 Å². The molecule has 7 heteroatoms. The standard InChI is InChI=1S/C16H16F3NO2S/c1-11-6-8-12(9-7-11)23(21,22)15(10-20)13-4-2-3-5-14(13)16(17,18)19/h2-9,15H,10,20H2,1H3/p+1/t15-/m1/s1. The number of alkyl halides is 3. The van der Waals surface area contributed by atoms with E-state index in [0.717, 1.165) is 11.6 Å². The van der Waals surface area contributed by atoms with Crippen molar-refractivity contribution in [3.63, 3.8) is 0 Å². The lowest BCUT2D eigenvalue weighted by Crippen LogP contribution is -2.54. The largest absolute Gasteiger partial charge is 0.416 e.